The summed E-state index contributed by atoms with van der Waals surface area (Å²) in [6.07, 6.45) is 0.815. The van der Waals surface area contributed by atoms with Gasteiger partial charge in [0, 0.05) is 21.7 Å². The minimum Gasteiger partial charge on any atom is -0.497 e. The molecule has 3 heterocycles. The molecule has 4 aromatic rings. The minimum atomic E-state index is -0.370. The van der Waals surface area contributed by atoms with Gasteiger partial charge in [0.15, 0.2) is 6.61 Å². The number of benzene rings is 3. The maximum Gasteiger partial charge on any atom is 0.305 e. The monoisotopic (exact) mass is 639 g/mol. The number of imide groups is 1. The number of aromatic amines is 1. The van der Waals surface area contributed by atoms with Gasteiger partial charge in [0.1, 0.15) is 11.5 Å². The Morgan fingerprint density at radius 3 is 2.44 bits per heavy atom. The zero-order valence-corrected chi connectivity index (χ0v) is 25.8. The van der Waals surface area contributed by atoms with Crippen molar-refractivity contribution in [2.45, 2.75) is 22.6 Å². The van der Waals surface area contributed by atoms with Crippen molar-refractivity contribution in [2.75, 3.05) is 23.9 Å². The lowest BCUT2D eigenvalue weighted by Gasteiger charge is -2.43. The Labute approximate surface area is 266 Å². The van der Waals surface area contributed by atoms with Gasteiger partial charge in [0.05, 0.1) is 29.7 Å². The van der Waals surface area contributed by atoms with Crippen molar-refractivity contribution in [1.29, 1.82) is 0 Å². The van der Waals surface area contributed by atoms with E-state index < -0.39 is 0 Å². The van der Waals surface area contributed by atoms with E-state index in [4.69, 9.17) is 9.47 Å². The highest BCUT2D eigenvalue weighted by atomic mass is 32.2. The number of rotatable bonds is 7. The lowest BCUT2D eigenvalue weighted by atomic mass is 9.68. The number of nitrogens with one attached hydrogen (secondary N) is 2. The maximum atomic E-state index is 13.9. The average Bonchev–Trinajstić information content (AvgIpc) is 3.79. The van der Waals surface area contributed by atoms with Crippen LogP contribution in [0.3, 0.4) is 0 Å². The molecule has 1 saturated heterocycles. The molecule has 9 nitrogen and oxygen atoms in total. The number of carbonyl (C=O) groups is 3. The average molecular weight is 640 g/mol. The van der Waals surface area contributed by atoms with Gasteiger partial charge in [-0.25, -0.2) is 0 Å². The van der Waals surface area contributed by atoms with Crippen LogP contribution in [0.2, 0.25) is 0 Å². The van der Waals surface area contributed by atoms with E-state index in [0.717, 1.165) is 21.9 Å². The second kappa shape index (κ2) is 10.9. The maximum absolute atomic E-state index is 13.9. The zero-order valence-electron chi connectivity index (χ0n) is 24.2. The largest absolute Gasteiger partial charge is 0.497 e. The van der Waals surface area contributed by atoms with Crippen molar-refractivity contribution in [1.82, 2.24) is 4.98 Å². The molecule has 45 heavy (non-hydrogen) atoms. The third-order valence-electron chi connectivity index (χ3n) is 9.70. The number of hydrogen-bond acceptors (Lipinski definition) is 8. The highest BCUT2D eigenvalue weighted by Gasteiger charge is 2.69. The molecule has 2 saturated carbocycles. The molecule has 228 valence electrons. The van der Waals surface area contributed by atoms with Crippen molar-refractivity contribution in [3.05, 3.63) is 99.0 Å². The Balaban J connectivity index is 1.07. The van der Waals surface area contributed by atoms with E-state index in [2.05, 4.69) is 10.3 Å². The van der Waals surface area contributed by atoms with Crippen molar-refractivity contribution in [3.63, 3.8) is 0 Å². The summed E-state index contributed by atoms with van der Waals surface area (Å²) >= 11 is 2.87. The molecule has 3 amide bonds. The van der Waals surface area contributed by atoms with Crippen LogP contribution in [-0.2, 0) is 14.4 Å². The van der Waals surface area contributed by atoms with E-state index in [0.29, 0.717) is 22.9 Å². The summed E-state index contributed by atoms with van der Waals surface area (Å²) in [6.45, 7) is -0.175. The molecular weight excluding hydrogens is 611 g/mol. The second-order valence-corrected chi connectivity index (χ2v) is 14.1. The van der Waals surface area contributed by atoms with E-state index in [1.165, 1.54) is 16.2 Å². The molecule has 1 aromatic heterocycles. The number of nitrogens with zero attached hydrogens (tertiary/aromatic N) is 1. The smallest absolute Gasteiger partial charge is 0.305 e. The van der Waals surface area contributed by atoms with Crippen molar-refractivity contribution < 1.29 is 23.9 Å². The van der Waals surface area contributed by atoms with Crippen LogP contribution >= 0.6 is 23.1 Å². The van der Waals surface area contributed by atoms with Gasteiger partial charge < -0.3 is 19.8 Å². The van der Waals surface area contributed by atoms with Crippen LogP contribution in [0.1, 0.15) is 22.8 Å². The topological polar surface area (TPSA) is 118 Å². The molecule has 3 aromatic carbocycles. The first-order chi connectivity index (χ1) is 21.9. The number of ether oxygens (including phenoxy) is 2. The van der Waals surface area contributed by atoms with Gasteiger partial charge >= 0.3 is 4.87 Å². The number of thiazole rings is 1. The predicted octanol–water partition coefficient (Wildman–Crippen LogP) is 5.14. The SMILES string of the molecule is COc1ccc(NC(=O)COc2cccc([C@H]3c4sc(=O)[nH]c4SC4C5CC(C6C(=O)N(c7ccccc7)C(=O)C56)C43)c2)cc1. The van der Waals surface area contributed by atoms with E-state index in [1.54, 1.807) is 43.1 Å². The second-order valence-electron chi connectivity index (χ2n) is 11.9. The minimum absolute atomic E-state index is 0.0119. The van der Waals surface area contributed by atoms with Crippen LogP contribution in [0.5, 0.6) is 11.5 Å². The van der Waals surface area contributed by atoms with Gasteiger partial charge in [-0.15, -0.1) is 11.8 Å². The number of hydrogen-bond donors (Lipinski definition) is 2. The summed E-state index contributed by atoms with van der Waals surface area (Å²) in [6, 6.07) is 23.9. The Hall–Kier alpha value is -4.35. The highest BCUT2D eigenvalue weighted by Crippen LogP contribution is 2.68. The quantitative estimate of drug-likeness (QED) is 0.269. The number of fused-ring (bicyclic) bond motifs is 9. The number of aromatic nitrogens is 1. The lowest BCUT2D eigenvalue weighted by Crippen LogP contribution is -2.42. The summed E-state index contributed by atoms with van der Waals surface area (Å²) in [4.78, 5) is 58.2. The molecule has 2 aliphatic carbocycles. The van der Waals surface area contributed by atoms with Crippen molar-refractivity contribution in [3.8, 4) is 11.5 Å². The first-order valence-corrected chi connectivity index (χ1v) is 16.6. The number of H-pyrrole nitrogens is 1. The number of para-hydroxylation sites is 1. The number of thioether (sulfide) groups is 1. The Kier molecular flexibility index (Phi) is 6.83. The number of methoxy groups -OCH3 is 1. The zero-order chi connectivity index (χ0) is 30.8. The molecule has 2 aliphatic heterocycles. The highest BCUT2D eigenvalue weighted by molar-refractivity contribution is 8.00. The molecule has 4 aliphatic rings. The van der Waals surface area contributed by atoms with Crippen LogP contribution in [0, 0.1) is 29.6 Å². The number of anilines is 2. The van der Waals surface area contributed by atoms with E-state index in [1.807, 2.05) is 54.6 Å². The Morgan fingerprint density at radius 2 is 1.69 bits per heavy atom. The van der Waals surface area contributed by atoms with Crippen LogP contribution in [0.15, 0.2) is 88.7 Å². The van der Waals surface area contributed by atoms with Crippen LogP contribution in [-0.4, -0.2) is 41.7 Å². The van der Waals surface area contributed by atoms with Gasteiger partial charge in [0.25, 0.3) is 5.91 Å². The van der Waals surface area contributed by atoms with E-state index in [-0.39, 0.29) is 70.0 Å². The summed E-state index contributed by atoms with van der Waals surface area (Å²) in [5.41, 5.74) is 2.23. The summed E-state index contributed by atoms with van der Waals surface area (Å²) in [7, 11) is 1.58. The van der Waals surface area contributed by atoms with Crippen LogP contribution in [0.25, 0.3) is 0 Å². The lowest BCUT2D eigenvalue weighted by molar-refractivity contribution is -0.123. The fourth-order valence-corrected chi connectivity index (χ4v) is 10.9. The molecule has 2 N–H and O–H groups in total. The molecule has 0 radical (unpaired) electrons. The van der Waals surface area contributed by atoms with Crippen LogP contribution in [0.4, 0.5) is 11.4 Å². The Bertz CT molecular complexity index is 1870. The Morgan fingerprint density at radius 1 is 0.933 bits per heavy atom. The number of carbonyl (C=O) groups excluding carboxylic acids is 3. The first kappa shape index (κ1) is 28.1. The molecule has 0 spiro atoms. The molecule has 2 bridgehead atoms. The standard InChI is InChI=1S/C34H29N3O6S2/c1-42-20-12-10-18(11-13-20)35-24(38)16-43-21-9-5-6-17(14-21)25-26-22-15-23(29(26)44-31-30(25)45-34(41)36-31)28-27(22)32(39)37(33(28)40)19-7-3-2-4-8-19/h2-14,22-23,25-29H,15-16H2,1H3,(H,35,38)(H,36,41)/t22?,23?,25-,26?,27?,28?,29?/m1/s1. The summed E-state index contributed by atoms with van der Waals surface area (Å²) in [5, 5.41) is 3.77. The molecule has 8 rings (SSSR count). The normalized spacial score (nSPS) is 27.6. The van der Waals surface area contributed by atoms with Crippen LogP contribution < -0.4 is 24.6 Å². The van der Waals surface area contributed by atoms with Crippen molar-refractivity contribution in [2.24, 2.45) is 29.6 Å². The van der Waals surface area contributed by atoms with E-state index >= 15 is 0 Å². The third kappa shape index (κ3) is 4.59. The van der Waals surface area contributed by atoms with Gasteiger partial charge in [-0.05, 0) is 78.3 Å². The first-order valence-electron chi connectivity index (χ1n) is 14.9. The fourth-order valence-electron chi connectivity index (χ4n) is 8.04. The van der Waals surface area contributed by atoms with E-state index in [9.17, 15) is 19.2 Å². The summed E-state index contributed by atoms with van der Waals surface area (Å²) < 4.78 is 11.1. The summed E-state index contributed by atoms with van der Waals surface area (Å²) in [5.74, 6) is -0.00358. The molecule has 11 heteroatoms. The number of amides is 3. The third-order valence-corrected chi connectivity index (χ3v) is 12.3. The van der Waals surface area contributed by atoms with Crippen molar-refractivity contribution >= 4 is 52.2 Å². The molecule has 7 atom stereocenters. The van der Waals surface area contributed by atoms with Gasteiger partial charge in [-0.3, -0.25) is 24.1 Å². The van der Waals surface area contributed by atoms with Gasteiger partial charge in [0.2, 0.25) is 11.8 Å². The predicted molar refractivity (Wildman–Crippen MR) is 171 cm³/mol. The van der Waals surface area contributed by atoms with Gasteiger partial charge in [-0.2, -0.15) is 0 Å². The molecular formula is C34H29N3O6S2. The molecule has 6 unspecified atom stereocenters. The fraction of sp³-hybridized carbons (Fsp3) is 0.294. The van der Waals surface area contributed by atoms with Gasteiger partial charge in [-0.1, -0.05) is 41.7 Å². The molecule has 3 fully saturated rings.